The Morgan fingerprint density at radius 1 is 1.23 bits per heavy atom. The predicted molar refractivity (Wildman–Crippen MR) is 96.8 cm³/mol. The second-order valence-electron chi connectivity index (χ2n) is 6.53. The Morgan fingerprint density at radius 2 is 2.00 bits per heavy atom. The topological polar surface area (TPSA) is 32.8 Å². The summed E-state index contributed by atoms with van der Waals surface area (Å²) in [5.41, 5.74) is 1.55. The van der Waals surface area contributed by atoms with Crippen LogP contribution in [0.15, 0.2) is 54.6 Å². The standard InChI is InChI=1S/C20H22F2N2O2/c1-23(19(25)16-6-5-9-18(12-16)26-20(21)22)13-15-10-11-24(14-15)17-7-3-2-4-8-17/h2-9,12,15,20H,10-11,13-14H2,1H3/t15-/m1/s1. The molecule has 26 heavy (non-hydrogen) atoms. The Morgan fingerprint density at radius 3 is 2.73 bits per heavy atom. The molecule has 2 aromatic rings. The van der Waals surface area contributed by atoms with Crippen molar-refractivity contribution in [1.29, 1.82) is 0 Å². The van der Waals surface area contributed by atoms with Crippen LogP contribution in [0.4, 0.5) is 14.5 Å². The average molecular weight is 360 g/mol. The lowest BCUT2D eigenvalue weighted by Gasteiger charge is -2.23. The van der Waals surface area contributed by atoms with Crippen LogP contribution in [0.3, 0.4) is 0 Å². The van der Waals surface area contributed by atoms with Crippen molar-refractivity contribution in [2.75, 3.05) is 31.6 Å². The number of carbonyl (C=O) groups excluding carboxylic acids is 1. The highest BCUT2D eigenvalue weighted by atomic mass is 19.3. The van der Waals surface area contributed by atoms with E-state index in [4.69, 9.17) is 0 Å². The maximum atomic E-state index is 12.6. The first-order valence-electron chi connectivity index (χ1n) is 8.63. The third-order valence-electron chi connectivity index (χ3n) is 4.59. The molecule has 1 aliphatic rings. The number of hydrogen-bond donors (Lipinski definition) is 0. The van der Waals surface area contributed by atoms with Crippen molar-refractivity contribution in [2.24, 2.45) is 5.92 Å². The fraction of sp³-hybridized carbons (Fsp3) is 0.350. The van der Waals surface area contributed by atoms with Gasteiger partial charge < -0.3 is 14.5 Å². The number of benzene rings is 2. The molecule has 1 aliphatic heterocycles. The molecular formula is C20H22F2N2O2. The lowest BCUT2D eigenvalue weighted by molar-refractivity contribution is -0.0499. The molecule has 1 saturated heterocycles. The minimum atomic E-state index is -2.90. The van der Waals surface area contributed by atoms with Crippen LogP contribution in [-0.2, 0) is 0 Å². The quantitative estimate of drug-likeness (QED) is 0.784. The second kappa shape index (κ2) is 8.17. The molecule has 6 heteroatoms. The molecule has 0 aliphatic carbocycles. The first kappa shape index (κ1) is 18.2. The third kappa shape index (κ3) is 4.50. The number of nitrogens with zero attached hydrogens (tertiary/aromatic N) is 2. The number of para-hydroxylation sites is 1. The Balaban J connectivity index is 1.58. The zero-order chi connectivity index (χ0) is 18.5. The number of anilines is 1. The highest BCUT2D eigenvalue weighted by molar-refractivity contribution is 5.94. The van der Waals surface area contributed by atoms with Crippen molar-refractivity contribution < 1.29 is 18.3 Å². The summed E-state index contributed by atoms with van der Waals surface area (Å²) in [5, 5.41) is 0. The molecular weight excluding hydrogens is 338 g/mol. The fourth-order valence-electron chi connectivity index (χ4n) is 3.35. The fourth-order valence-corrected chi connectivity index (χ4v) is 3.35. The van der Waals surface area contributed by atoms with Gasteiger partial charge in [-0.3, -0.25) is 4.79 Å². The van der Waals surface area contributed by atoms with Gasteiger partial charge in [-0.1, -0.05) is 24.3 Å². The maximum absolute atomic E-state index is 12.6. The van der Waals surface area contributed by atoms with Crippen molar-refractivity contribution in [1.82, 2.24) is 4.90 Å². The third-order valence-corrected chi connectivity index (χ3v) is 4.59. The first-order valence-corrected chi connectivity index (χ1v) is 8.63. The first-order chi connectivity index (χ1) is 12.5. The number of carbonyl (C=O) groups is 1. The molecule has 0 unspecified atom stereocenters. The average Bonchev–Trinajstić information content (AvgIpc) is 3.10. The molecule has 0 radical (unpaired) electrons. The molecule has 2 aromatic carbocycles. The predicted octanol–water partition coefficient (Wildman–Crippen LogP) is 3.89. The summed E-state index contributed by atoms with van der Waals surface area (Å²) in [7, 11) is 1.74. The van der Waals surface area contributed by atoms with E-state index >= 15 is 0 Å². The second-order valence-corrected chi connectivity index (χ2v) is 6.53. The lowest BCUT2D eigenvalue weighted by Crippen LogP contribution is -2.33. The molecule has 0 bridgehead atoms. The summed E-state index contributed by atoms with van der Waals surface area (Å²) < 4.78 is 29.0. The number of rotatable bonds is 6. The van der Waals surface area contributed by atoms with Crippen LogP contribution >= 0.6 is 0 Å². The van der Waals surface area contributed by atoms with Gasteiger partial charge in [0.25, 0.3) is 5.91 Å². The van der Waals surface area contributed by atoms with Crippen molar-refractivity contribution in [3.63, 3.8) is 0 Å². The molecule has 1 fully saturated rings. The summed E-state index contributed by atoms with van der Waals surface area (Å²) >= 11 is 0. The molecule has 3 rings (SSSR count). The molecule has 0 aromatic heterocycles. The molecule has 1 atom stereocenters. The van der Waals surface area contributed by atoms with Gasteiger partial charge in [0.2, 0.25) is 0 Å². The van der Waals surface area contributed by atoms with Gasteiger partial charge in [0.1, 0.15) is 5.75 Å². The normalized spacial score (nSPS) is 16.8. The monoisotopic (exact) mass is 360 g/mol. The molecule has 0 spiro atoms. The number of alkyl halides is 2. The van der Waals surface area contributed by atoms with E-state index in [-0.39, 0.29) is 11.7 Å². The minimum Gasteiger partial charge on any atom is -0.435 e. The van der Waals surface area contributed by atoms with Gasteiger partial charge in [-0.05, 0) is 42.7 Å². The van der Waals surface area contributed by atoms with Crippen molar-refractivity contribution in [3.05, 3.63) is 60.2 Å². The van der Waals surface area contributed by atoms with Crippen LogP contribution < -0.4 is 9.64 Å². The molecule has 0 saturated carbocycles. The summed E-state index contributed by atoms with van der Waals surface area (Å²) in [6.45, 7) is -0.410. The zero-order valence-corrected chi connectivity index (χ0v) is 14.6. The van der Waals surface area contributed by atoms with Crippen LogP contribution in [-0.4, -0.2) is 44.1 Å². The van der Waals surface area contributed by atoms with Crippen LogP contribution in [0.2, 0.25) is 0 Å². The summed E-state index contributed by atoms with van der Waals surface area (Å²) in [4.78, 5) is 16.6. The minimum absolute atomic E-state index is 0.00429. The lowest BCUT2D eigenvalue weighted by atomic mass is 10.1. The van der Waals surface area contributed by atoms with Crippen LogP contribution in [0.25, 0.3) is 0 Å². The van der Waals surface area contributed by atoms with Crippen molar-refractivity contribution in [2.45, 2.75) is 13.0 Å². The number of ether oxygens (including phenoxy) is 1. The number of amides is 1. The molecule has 4 nitrogen and oxygen atoms in total. The Kier molecular flexibility index (Phi) is 5.71. The highest BCUT2D eigenvalue weighted by Crippen LogP contribution is 2.24. The molecule has 1 heterocycles. The largest absolute Gasteiger partial charge is 0.435 e. The van der Waals surface area contributed by atoms with Gasteiger partial charge in [-0.2, -0.15) is 8.78 Å². The number of hydrogen-bond acceptors (Lipinski definition) is 3. The van der Waals surface area contributed by atoms with E-state index in [1.54, 1.807) is 24.1 Å². The van der Waals surface area contributed by atoms with Gasteiger partial charge in [0, 0.05) is 37.9 Å². The van der Waals surface area contributed by atoms with E-state index in [0.717, 1.165) is 19.5 Å². The van der Waals surface area contributed by atoms with E-state index in [1.807, 2.05) is 18.2 Å². The van der Waals surface area contributed by atoms with Gasteiger partial charge in [-0.25, -0.2) is 0 Å². The molecule has 138 valence electrons. The van der Waals surface area contributed by atoms with Gasteiger partial charge in [0.05, 0.1) is 0 Å². The van der Waals surface area contributed by atoms with E-state index in [2.05, 4.69) is 21.8 Å². The summed E-state index contributed by atoms with van der Waals surface area (Å²) in [5.74, 6) is 0.183. The van der Waals surface area contributed by atoms with Gasteiger partial charge in [0.15, 0.2) is 0 Å². The van der Waals surface area contributed by atoms with Gasteiger partial charge >= 0.3 is 6.61 Å². The summed E-state index contributed by atoms with van der Waals surface area (Å²) in [6.07, 6.45) is 1.01. The van der Waals surface area contributed by atoms with Crippen LogP contribution in [0, 0.1) is 5.92 Å². The van der Waals surface area contributed by atoms with E-state index < -0.39 is 6.61 Å². The van der Waals surface area contributed by atoms with E-state index in [1.165, 1.54) is 17.8 Å². The van der Waals surface area contributed by atoms with Crippen LogP contribution in [0.5, 0.6) is 5.75 Å². The zero-order valence-electron chi connectivity index (χ0n) is 14.6. The Bertz CT molecular complexity index is 740. The smallest absolute Gasteiger partial charge is 0.387 e. The van der Waals surface area contributed by atoms with E-state index in [9.17, 15) is 13.6 Å². The molecule has 0 N–H and O–H groups in total. The Hall–Kier alpha value is -2.63. The van der Waals surface area contributed by atoms with E-state index in [0.29, 0.717) is 18.0 Å². The van der Waals surface area contributed by atoms with Crippen molar-refractivity contribution >= 4 is 11.6 Å². The Labute approximate surface area is 152 Å². The molecule has 1 amide bonds. The van der Waals surface area contributed by atoms with Crippen molar-refractivity contribution in [3.8, 4) is 5.75 Å². The SMILES string of the molecule is CN(C[C@H]1CCN(c2ccccc2)C1)C(=O)c1cccc(OC(F)F)c1. The van der Waals surface area contributed by atoms with Crippen LogP contribution in [0.1, 0.15) is 16.8 Å². The summed E-state index contributed by atoms with van der Waals surface area (Å²) in [6, 6.07) is 16.1. The highest BCUT2D eigenvalue weighted by Gasteiger charge is 2.25. The number of halogens is 2. The van der Waals surface area contributed by atoms with Gasteiger partial charge in [-0.15, -0.1) is 0 Å². The maximum Gasteiger partial charge on any atom is 0.387 e.